The van der Waals surface area contributed by atoms with Gasteiger partial charge in [0.15, 0.2) is 6.61 Å². The number of ether oxygens (including phenoxy) is 2. The number of thiocarbonyl (C=S) groups is 1. The van der Waals surface area contributed by atoms with Gasteiger partial charge in [-0.2, -0.15) is 0 Å². The Hall–Kier alpha value is -2.39. The number of anilines is 1. The summed E-state index contributed by atoms with van der Waals surface area (Å²) in [6.45, 7) is -0.345. The molecule has 9 heteroatoms. The Kier molecular flexibility index (Phi) is 4.54. The van der Waals surface area contributed by atoms with Gasteiger partial charge in [-0.1, -0.05) is 30.0 Å². The zero-order valence-corrected chi connectivity index (χ0v) is 14.2. The van der Waals surface area contributed by atoms with Crippen molar-refractivity contribution in [3.05, 3.63) is 28.7 Å². The number of hydrogen-bond donors (Lipinski definition) is 1. The number of hydrogen-bond acceptors (Lipinski definition) is 7. The number of nitrogens with one attached hydrogen (secondary N) is 1. The van der Waals surface area contributed by atoms with Crippen molar-refractivity contribution in [1.29, 1.82) is 0 Å². The summed E-state index contributed by atoms with van der Waals surface area (Å²) in [7, 11) is 1.26. The molecular formula is C15H12N2O5S2. The van der Waals surface area contributed by atoms with Crippen LogP contribution in [0.2, 0.25) is 0 Å². The summed E-state index contributed by atoms with van der Waals surface area (Å²) in [5.74, 6) is -0.649. The van der Waals surface area contributed by atoms with Gasteiger partial charge in [-0.05, 0) is 23.8 Å². The van der Waals surface area contributed by atoms with Crippen molar-refractivity contribution >= 4 is 57.8 Å². The molecule has 0 radical (unpaired) electrons. The van der Waals surface area contributed by atoms with Crippen LogP contribution >= 0.6 is 24.0 Å². The van der Waals surface area contributed by atoms with E-state index >= 15 is 0 Å². The van der Waals surface area contributed by atoms with Crippen LogP contribution in [0.5, 0.6) is 5.75 Å². The molecule has 0 bridgehead atoms. The van der Waals surface area contributed by atoms with E-state index in [1.54, 1.807) is 24.3 Å². The van der Waals surface area contributed by atoms with Gasteiger partial charge < -0.3 is 14.8 Å². The summed E-state index contributed by atoms with van der Waals surface area (Å²) < 4.78 is 10.4. The first-order chi connectivity index (χ1) is 11.5. The predicted octanol–water partition coefficient (Wildman–Crippen LogP) is 1.07. The van der Waals surface area contributed by atoms with E-state index < -0.39 is 5.97 Å². The molecule has 0 aromatic heterocycles. The summed E-state index contributed by atoms with van der Waals surface area (Å²) in [5.41, 5.74) is 1.14. The van der Waals surface area contributed by atoms with E-state index in [1.165, 1.54) is 23.8 Å². The Morgan fingerprint density at radius 3 is 2.96 bits per heavy atom. The Bertz CT molecular complexity index is 790. The van der Waals surface area contributed by atoms with Crippen LogP contribution in [0.4, 0.5) is 5.69 Å². The second-order valence-corrected chi connectivity index (χ2v) is 6.64. The Balaban J connectivity index is 1.95. The Morgan fingerprint density at radius 2 is 2.29 bits per heavy atom. The first-order valence-electron chi connectivity index (χ1n) is 6.87. The number of carbonyl (C=O) groups excluding carboxylic acids is 3. The summed E-state index contributed by atoms with van der Waals surface area (Å²) in [6, 6.07) is 5.12. The van der Waals surface area contributed by atoms with Crippen LogP contribution in [0.3, 0.4) is 0 Å². The standard InChI is InChI=1S/C15H12N2O5S2/c1-21-13(19)6-17-9-4-8(2-3-10(9)22-7-12(17)18)5-11-14(20)16-15(23)24-11/h2-5H,6-7H2,1H3,(H,16,20,23). The fourth-order valence-corrected chi connectivity index (χ4v) is 3.29. The SMILES string of the molecule is COC(=O)CN1C(=O)COc2ccc(C=C3SC(=S)NC3=O)cc21. The molecule has 1 N–H and O–H groups in total. The third-order valence-corrected chi connectivity index (χ3v) is 4.54. The average Bonchev–Trinajstić information content (AvgIpc) is 2.87. The zero-order chi connectivity index (χ0) is 17.3. The van der Waals surface area contributed by atoms with E-state index in [4.69, 9.17) is 17.0 Å². The Morgan fingerprint density at radius 1 is 1.50 bits per heavy atom. The quantitative estimate of drug-likeness (QED) is 0.488. The molecule has 2 amide bonds. The van der Waals surface area contributed by atoms with Crippen LogP contribution in [-0.4, -0.2) is 42.4 Å². The van der Waals surface area contributed by atoms with Gasteiger partial charge in [0.25, 0.3) is 11.8 Å². The van der Waals surface area contributed by atoms with Gasteiger partial charge in [-0.15, -0.1) is 0 Å². The van der Waals surface area contributed by atoms with Crippen molar-refractivity contribution in [3.8, 4) is 5.75 Å². The molecular weight excluding hydrogens is 352 g/mol. The molecule has 2 aliphatic heterocycles. The highest BCUT2D eigenvalue weighted by molar-refractivity contribution is 8.26. The first kappa shape index (κ1) is 16.5. The molecule has 1 aromatic rings. The number of carbonyl (C=O) groups is 3. The lowest BCUT2D eigenvalue weighted by atomic mass is 10.1. The number of amides is 2. The summed E-state index contributed by atoms with van der Waals surface area (Å²) >= 11 is 6.12. The number of thioether (sulfide) groups is 1. The highest BCUT2D eigenvalue weighted by Gasteiger charge is 2.28. The van der Waals surface area contributed by atoms with E-state index in [0.717, 1.165) is 0 Å². The maximum Gasteiger partial charge on any atom is 0.325 e. The highest BCUT2D eigenvalue weighted by Crippen LogP contribution is 2.34. The highest BCUT2D eigenvalue weighted by atomic mass is 32.2. The van der Waals surface area contributed by atoms with Crippen LogP contribution in [0, 0.1) is 0 Å². The number of nitrogens with zero attached hydrogens (tertiary/aromatic N) is 1. The number of rotatable bonds is 3. The van der Waals surface area contributed by atoms with Crippen molar-refractivity contribution in [3.63, 3.8) is 0 Å². The normalized spacial score (nSPS) is 18.3. The van der Waals surface area contributed by atoms with Gasteiger partial charge in [0.2, 0.25) is 0 Å². The van der Waals surface area contributed by atoms with Crippen LogP contribution in [0.15, 0.2) is 23.1 Å². The minimum Gasteiger partial charge on any atom is -0.482 e. The van der Waals surface area contributed by atoms with Gasteiger partial charge in [0.05, 0.1) is 17.7 Å². The molecule has 0 aliphatic carbocycles. The fourth-order valence-electron chi connectivity index (χ4n) is 2.25. The predicted molar refractivity (Wildman–Crippen MR) is 92.6 cm³/mol. The van der Waals surface area contributed by atoms with Crippen molar-refractivity contribution in [2.24, 2.45) is 0 Å². The molecule has 24 heavy (non-hydrogen) atoms. The summed E-state index contributed by atoms with van der Waals surface area (Å²) in [6.07, 6.45) is 1.66. The molecule has 0 unspecified atom stereocenters. The van der Waals surface area contributed by atoms with E-state index in [9.17, 15) is 14.4 Å². The van der Waals surface area contributed by atoms with E-state index in [1.807, 2.05) is 0 Å². The summed E-state index contributed by atoms with van der Waals surface area (Å²) in [5, 5.41) is 2.54. The molecule has 1 saturated heterocycles. The average molecular weight is 364 g/mol. The van der Waals surface area contributed by atoms with Gasteiger partial charge >= 0.3 is 5.97 Å². The topological polar surface area (TPSA) is 84.9 Å². The molecule has 1 aromatic carbocycles. The van der Waals surface area contributed by atoms with Crippen LogP contribution in [-0.2, 0) is 19.1 Å². The lowest BCUT2D eigenvalue weighted by molar-refractivity contribution is -0.140. The largest absolute Gasteiger partial charge is 0.482 e. The van der Waals surface area contributed by atoms with Crippen LogP contribution in [0.1, 0.15) is 5.56 Å². The van der Waals surface area contributed by atoms with Crippen LogP contribution < -0.4 is 15.0 Å². The minimum atomic E-state index is -0.531. The third kappa shape index (κ3) is 3.26. The van der Waals surface area contributed by atoms with Crippen molar-refractivity contribution < 1.29 is 23.9 Å². The van der Waals surface area contributed by atoms with Crippen molar-refractivity contribution in [2.75, 3.05) is 25.2 Å². The number of benzene rings is 1. The maximum absolute atomic E-state index is 12.1. The van der Waals surface area contributed by atoms with Gasteiger partial charge in [-0.25, -0.2) is 0 Å². The first-order valence-corrected chi connectivity index (χ1v) is 8.09. The maximum atomic E-state index is 12.1. The molecule has 3 rings (SSSR count). The lowest BCUT2D eigenvalue weighted by Gasteiger charge is -2.28. The summed E-state index contributed by atoms with van der Waals surface area (Å²) in [4.78, 5) is 37.1. The Labute approximate surface area is 147 Å². The molecule has 0 atom stereocenters. The van der Waals surface area contributed by atoms with Gasteiger partial charge in [0.1, 0.15) is 16.6 Å². The van der Waals surface area contributed by atoms with Gasteiger partial charge in [0, 0.05) is 0 Å². The second-order valence-electron chi connectivity index (χ2n) is 4.92. The van der Waals surface area contributed by atoms with E-state index in [2.05, 4.69) is 10.1 Å². The minimum absolute atomic E-state index is 0.142. The number of methoxy groups -OCH3 is 1. The van der Waals surface area contributed by atoms with Crippen molar-refractivity contribution in [2.45, 2.75) is 0 Å². The number of fused-ring (bicyclic) bond motifs is 1. The molecule has 2 aliphatic rings. The number of esters is 1. The fraction of sp³-hybridized carbons (Fsp3) is 0.200. The molecule has 7 nitrogen and oxygen atoms in total. The smallest absolute Gasteiger partial charge is 0.325 e. The second kappa shape index (κ2) is 6.62. The third-order valence-electron chi connectivity index (χ3n) is 3.38. The monoisotopic (exact) mass is 364 g/mol. The zero-order valence-electron chi connectivity index (χ0n) is 12.5. The van der Waals surface area contributed by atoms with E-state index in [0.29, 0.717) is 26.2 Å². The van der Waals surface area contributed by atoms with Crippen molar-refractivity contribution in [1.82, 2.24) is 5.32 Å². The molecule has 2 heterocycles. The molecule has 124 valence electrons. The molecule has 0 saturated carbocycles. The lowest BCUT2D eigenvalue weighted by Crippen LogP contribution is -2.42. The van der Waals surface area contributed by atoms with E-state index in [-0.39, 0.29) is 25.0 Å². The van der Waals surface area contributed by atoms with Gasteiger partial charge in [-0.3, -0.25) is 19.3 Å². The van der Waals surface area contributed by atoms with Crippen LogP contribution in [0.25, 0.3) is 6.08 Å². The molecule has 0 spiro atoms. The molecule has 1 fully saturated rings.